The third-order valence-electron chi connectivity index (χ3n) is 4.95. The first-order valence-corrected chi connectivity index (χ1v) is 8.00. The van der Waals surface area contributed by atoms with Gasteiger partial charge in [0, 0.05) is 0 Å². The van der Waals surface area contributed by atoms with Crippen molar-refractivity contribution in [3.63, 3.8) is 0 Å². The minimum Gasteiger partial charge on any atom is -0.394 e. The van der Waals surface area contributed by atoms with E-state index in [9.17, 15) is 66.4 Å². The Hall–Kier alpha value is -0.760. The van der Waals surface area contributed by atoms with Crippen molar-refractivity contribution < 1.29 is 95.8 Å². The summed E-state index contributed by atoms with van der Waals surface area (Å²) < 4.78 is 13.2. The average molecular weight is 470 g/mol. The molecule has 0 amide bonds. The molecule has 0 aromatic carbocycles. The molecule has 0 saturated carbocycles. The summed E-state index contributed by atoms with van der Waals surface area (Å²) in [5.74, 6) is -33.0. The monoisotopic (exact) mass is 470 g/mol. The molecule has 0 spiro atoms. The Morgan fingerprint density at radius 1 is 0.871 bits per heavy atom. The summed E-state index contributed by atoms with van der Waals surface area (Å²) in [7, 11) is 0. The fraction of sp³-hybridized carbons (Fsp3) is 1.00. The molecule has 0 aliphatic carbocycles. The minimum absolute atomic E-state index is 1.08. The lowest BCUT2D eigenvalue weighted by Gasteiger charge is -2.60. The Bertz CT molecular complexity index is 677. The van der Waals surface area contributed by atoms with E-state index in [1.807, 2.05) is 0 Å². The second-order valence-corrected chi connectivity index (χ2v) is 6.89. The van der Waals surface area contributed by atoms with Gasteiger partial charge in [-0.3, -0.25) is 9.47 Å². The molecule has 7 atom stereocenters. The molecule has 2 heterocycles. The molecule has 1 unspecified atom stereocenters. The first-order valence-electron chi connectivity index (χ1n) is 8.00. The van der Waals surface area contributed by atoms with Gasteiger partial charge in [-0.15, -0.1) is 0 Å². The molecule has 2 fully saturated rings. The van der Waals surface area contributed by atoms with Gasteiger partial charge in [-0.2, -0.15) is 4.89 Å². The highest BCUT2D eigenvalue weighted by atomic mass is 17.2. The van der Waals surface area contributed by atoms with E-state index in [0.717, 1.165) is 0 Å². The summed E-state index contributed by atoms with van der Waals surface area (Å²) in [6.07, 6.45) is -6.42. The van der Waals surface area contributed by atoms with E-state index in [-0.39, 0.29) is 0 Å². The summed E-state index contributed by atoms with van der Waals surface area (Å²) in [6.45, 7) is -2.74. The van der Waals surface area contributed by atoms with E-state index in [0.29, 0.717) is 0 Å². The van der Waals surface area contributed by atoms with Gasteiger partial charge in [-0.25, -0.2) is 5.26 Å². The summed E-state index contributed by atoms with van der Waals surface area (Å²) in [5, 5.41) is 146. The predicted octanol–water partition coefficient (Wildman–Crippen LogP) is -9.66. The number of hydrogen-bond acceptors (Lipinski definition) is 19. The lowest BCUT2D eigenvalue weighted by molar-refractivity contribution is -0.703. The lowest BCUT2D eigenvalue weighted by atomic mass is 9.83. The molecule has 2 rings (SSSR count). The largest absolute Gasteiger partial charge is 0.394 e. The highest BCUT2D eigenvalue weighted by molar-refractivity contribution is 5.13. The predicted molar refractivity (Wildman–Crippen MR) is 78.2 cm³/mol. The van der Waals surface area contributed by atoms with Gasteiger partial charge in [0.1, 0.15) is 24.9 Å². The molecule has 19 heteroatoms. The van der Waals surface area contributed by atoms with Crippen molar-refractivity contribution in [1.29, 1.82) is 0 Å². The van der Waals surface area contributed by atoms with Crippen molar-refractivity contribution in [1.82, 2.24) is 0 Å². The zero-order chi connectivity index (χ0) is 24.5. The number of aliphatic hydroxyl groups is 14. The van der Waals surface area contributed by atoms with Crippen LogP contribution in [0, 0.1) is 0 Å². The fourth-order valence-corrected chi connectivity index (χ4v) is 3.03. The lowest BCUT2D eigenvalue weighted by Crippen LogP contribution is -2.92. The van der Waals surface area contributed by atoms with Crippen LogP contribution >= 0.6 is 0 Å². The first-order chi connectivity index (χ1) is 13.8. The van der Waals surface area contributed by atoms with Crippen molar-refractivity contribution in [2.24, 2.45) is 0 Å². The molecule has 2 aliphatic heterocycles. The minimum atomic E-state index is -5.11. The van der Waals surface area contributed by atoms with Crippen molar-refractivity contribution in [3.8, 4) is 0 Å². The summed E-state index contributed by atoms with van der Waals surface area (Å²) in [4.78, 5) is 3.07. The van der Waals surface area contributed by atoms with Crippen LogP contribution in [0.5, 0.6) is 0 Å². The third-order valence-corrected chi connectivity index (χ3v) is 4.95. The molecule has 2 aliphatic rings. The Morgan fingerprint density at radius 2 is 1.39 bits per heavy atom. The van der Waals surface area contributed by atoms with Crippen molar-refractivity contribution in [2.45, 2.75) is 59.2 Å². The maximum Gasteiger partial charge on any atom is 0.349 e. The molecule has 0 bridgehead atoms. The third kappa shape index (κ3) is 3.13. The second-order valence-electron chi connectivity index (χ2n) is 6.89. The van der Waals surface area contributed by atoms with E-state index in [1.54, 1.807) is 0 Å². The molecular weight excluding hydrogens is 448 g/mol. The van der Waals surface area contributed by atoms with Gasteiger partial charge < -0.3 is 76.2 Å². The van der Waals surface area contributed by atoms with Crippen LogP contribution in [0.1, 0.15) is 0 Å². The molecule has 184 valence electrons. The molecule has 0 radical (unpaired) electrons. The van der Waals surface area contributed by atoms with Gasteiger partial charge in [-0.05, 0) is 0 Å². The van der Waals surface area contributed by atoms with E-state index in [2.05, 4.69) is 14.4 Å². The SMILES string of the molecule is OC[C@H]1OC(CO)(O[C@]2(O)O[C@](O)(C(O)(O)O)[C@@](O)(OO)C(O)(O)C2(O)O)[C@@H](O)[C@@H]1O. The first kappa shape index (κ1) is 26.5. The molecule has 2 saturated heterocycles. The van der Waals surface area contributed by atoms with Crippen molar-refractivity contribution in [3.05, 3.63) is 0 Å². The Labute approximate surface area is 169 Å². The normalized spacial score (nSPS) is 47.5. The van der Waals surface area contributed by atoms with Crippen LogP contribution < -0.4 is 0 Å². The van der Waals surface area contributed by atoms with Gasteiger partial charge in [0.2, 0.25) is 5.79 Å². The Balaban J connectivity index is 2.69. The van der Waals surface area contributed by atoms with Crippen LogP contribution in [0.15, 0.2) is 0 Å². The molecule has 0 aromatic rings. The molecule has 31 heavy (non-hydrogen) atoms. The topological polar surface area (TPSA) is 340 Å². The Kier molecular flexibility index (Phi) is 6.30. The van der Waals surface area contributed by atoms with Gasteiger partial charge in [0.25, 0.3) is 5.79 Å². The van der Waals surface area contributed by atoms with Gasteiger partial charge in [0.15, 0.2) is 0 Å². The van der Waals surface area contributed by atoms with Crippen LogP contribution in [-0.4, -0.2) is 149 Å². The number of ether oxygens (including phenoxy) is 3. The molecule has 0 aromatic heterocycles. The molecule has 19 nitrogen and oxygen atoms in total. The van der Waals surface area contributed by atoms with Gasteiger partial charge in [0.05, 0.1) is 6.61 Å². The van der Waals surface area contributed by atoms with Crippen molar-refractivity contribution in [2.75, 3.05) is 13.2 Å². The van der Waals surface area contributed by atoms with Crippen LogP contribution in [0.4, 0.5) is 0 Å². The van der Waals surface area contributed by atoms with Gasteiger partial charge in [-0.1, -0.05) is 0 Å². The smallest absolute Gasteiger partial charge is 0.349 e. The van der Waals surface area contributed by atoms with E-state index in [1.165, 1.54) is 0 Å². The van der Waals surface area contributed by atoms with Crippen LogP contribution in [0.2, 0.25) is 0 Å². The fourth-order valence-electron chi connectivity index (χ4n) is 3.03. The van der Waals surface area contributed by atoms with Gasteiger partial charge >= 0.3 is 29.3 Å². The number of rotatable bonds is 6. The highest BCUT2D eigenvalue weighted by Crippen LogP contribution is 2.54. The molecular formula is C12H22O19. The highest BCUT2D eigenvalue weighted by Gasteiger charge is 2.90. The average Bonchev–Trinajstić information content (AvgIpc) is 2.89. The van der Waals surface area contributed by atoms with E-state index < -0.39 is 72.4 Å². The van der Waals surface area contributed by atoms with Crippen LogP contribution in [0.3, 0.4) is 0 Å². The zero-order valence-corrected chi connectivity index (χ0v) is 15.0. The van der Waals surface area contributed by atoms with Crippen LogP contribution in [0.25, 0.3) is 0 Å². The number of aliphatic hydroxyl groups excluding tert-OH is 4. The van der Waals surface area contributed by atoms with E-state index >= 15 is 0 Å². The zero-order valence-electron chi connectivity index (χ0n) is 15.0. The quantitative estimate of drug-likeness (QED) is 0.0972. The van der Waals surface area contributed by atoms with E-state index in [4.69, 9.17) is 15.1 Å². The standard InChI is InChI=1S/C12H22O19/c13-1-3-4(15)5(16)6(2-14,28-3)29-12(26)8(19,20)7(17,18)9(21,31-27)10(22,30-12)11(23,24)25/h3-5,13-27H,1-2H2/t3-,4-,5+,6?,9+,10+,12+/m1/s1. The summed E-state index contributed by atoms with van der Waals surface area (Å²) >= 11 is 0. The Morgan fingerprint density at radius 3 is 1.74 bits per heavy atom. The summed E-state index contributed by atoms with van der Waals surface area (Å²) in [5.41, 5.74) is 0. The number of hydrogen-bond donors (Lipinski definition) is 15. The second kappa shape index (κ2) is 7.37. The van der Waals surface area contributed by atoms with Crippen LogP contribution in [-0.2, 0) is 19.1 Å². The summed E-state index contributed by atoms with van der Waals surface area (Å²) in [6, 6.07) is 0. The molecule has 15 N–H and O–H groups in total. The van der Waals surface area contributed by atoms with Crippen molar-refractivity contribution >= 4 is 0 Å². The maximum absolute atomic E-state index is 10.4. The maximum atomic E-state index is 10.4.